The first-order valence-corrected chi connectivity index (χ1v) is 5.39. The topological polar surface area (TPSA) is 65.0 Å². The molecule has 0 radical (unpaired) electrons. The molecule has 0 unspecified atom stereocenters. The Morgan fingerprint density at radius 1 is 1.41 bits per heavy atom. The van der Waals surface area contributed by atoms with Gasteiger partial charge in [0.05, 0.1) is 12.5 Å². The van der Waals surface area contributed by atoms with Crippen molar-refractivity contribution in [2.24, 2.45) is 0 Å². The Morgan fingerprint density at radius 2 is 2.18 bits per heavy atom. The summed E-state index contributed by atoms with van der Waals surface area (Å²) in [5.74, 6) is 0.887. The van der Waals surface area contributed by atoms with E-state index >= 15 is 0 Å². The number of aliphatic carboxylic acids is 1. The van der Waals surface area contributed by atoms with E-state index in [-0.39, 0.29) is 6.79 Å². The number of ether oxygens (including phenoxy) is 3. The number of hydrogen-bond donors (Lipinski definition) is 1. The highest BCUT2D eigenvalue weighted by Crippen LogP contribution is 2.55. The molecule has 2 aliphatic rings. The van der Waals surface area contributed by atoms with Gasteiger partial charge in [-0.2, -0.15) is 0 Å². The molecule has 1 aliphatic heterocycles. The van der Waals surface area contributed by atoms with Crippen molar-refractivity contribution in [3.63, 3.8) is 0 Å². The average molecular weight is 236 g/mol. The van der Waals surface area contributed by atoms with Crippen molar-refractivity contribution in [3.05, 3.63) is 17.7 Å². The molecule has 5 nitrogen and oxygen atoms in total. The van der Waals surface area contributed by atoms with Crippen LogP contribution in [-0.2, 0) is 10.2 Å². The van der Waals surface area contributed by atoms with Crippen LogP contribution < -0.4 is 14.2 Å². The number of carboxylic acids is 1. The highest BCUT2D eigenvalue weighted by atomic mass is 16.7. The lowest BCUT2D eigenvalue weighted by Crippen LogP contribution is -2.20. The van der Waals surface area contributed by atoms with Crippen LogP contribution in [0.4, 0.5) is 0 Å². The summed E-state index contributed by atoms with van der Waals surface area (Å²) in [6, 6.07) is 3.44. The van der Waals surface area contributed by atoms with E-state index in [4.69, 9.17) is 14.2 Å². The minimum atomic E-state index is -0.816. The van der Waals surface area contributed by atoms with Crippen molar-refractivity contribution < 1.29 is 24.1 Å². The van der Waals surface area contributed by atoms with Crippen molar-refractivity contribution in [2.75, 3.05) is 13.9 Å². The van der Waals surface area contributed by atoms with Crippen LogP contribution in [0.3, 0.4) is 0 Å². The minimum absolute atomic E-state index is 0.130. The lowest BCUT2D eigenvalue weighted by atomic mass is 9.94. The molecule has 17 heavy (non-hydrogen) atoms. The van der Waals surface area contributed by atoms with Crippen LogP contribution in [0.5, 0.6) is 17.2 Å². The van der Waals surface area contributed by atoms with Crippen LogP contribution >= 0.6 is 0 Å². The number of methoxy groups -OCH3 is 1. The summed E-state index contributed by atoms with van der Waals surface area (Å²) in [5, 5.41) is 9.31. The van der Waals surface area contributed by atoms with Crippen molar-refractivity contribution in [1.82, 2.24) is 0 Å². The second-order valence-corrected chi connectivity index (χ2v) is 4.30. The van der Waals surface area contributed by atoms with E-state index in [1.807, 2.05) is 0 Å². The van der Waals surface area contributed by atoms with E-state index < -0.39 is 11.4 Å². The second kappa shape index (κ2) is 3.29. The predicted octanol–water partition coefficient (Wildman–Crippen LogP) is 1.54. The lowest BCUT2D eigenvalue weighted by molar-refractivity contribution is -0.140. The molecule has 1 aromatic rings. The van der Waals surface area contributed by atoms with Crippen LogP contribution in [0.15, 0.2) is 12.1 Å². The van der Waals surface area contributed by atoms with Crippen LogP contribution in [0, 0.1) is 0 Å². The Kier molecular flexibility index (Phi) is 1.98. The van der Waals surface area contributed by atoms with E-state index in [0.29, 0.717) is 35.7 Å². The molecule has 0 saturated heterocycles. The zero-order valence-electron chi connectivity index (χ0n) is 9.36. The van der Waals surface area contributed by atoms with Gasteiger partial charge in [-0.1, -0.05) is 0 Å². The molecule has 0 aromatic heterocycles. The number of carboxylic acid groups (broad SMARTS) is 1. The molecule has 1 aliphatic carbocycles. The lowest BCUT2D eigenvalue weighted by Gasteiger charge is -2.14. The Bertz CT molecular complexity index is 490. The van der Waals surface area contributed by atoms with E-state index in [2.05, 4.69) is 0 Å². The summed E-state index contributed by atoms with van der Waals surface area (Å²) >= 11 is 0. The first kappa shape index (κ1) is 10.3. The van der Waals surface area contributed by atoms with Crippen LogP contribution in [0.25, 0.3) is 0 Å². The summed E-state index contributed by atoms with van der Waals surface area (Å²) < 4.78 is 15.8. The summed E-state index contributed by atoms with van der Waals surface area (Å²) in [6.07, 6.45) is 1.26. The first-order valence-electron chi connectivity index (χ1n) is 5.39. The van der Waals surface area contributed by atoms with Gasteiger partial charge in [0.1, 0.15) is 5.75 Å². The predicted molar refractivity (Wildman–Crippen MR) is 57.7 cm³/mol. The zero-order chi connectivity index (χ0) is 12.0. The van der Waals surface area contributed by atoms with Crippen molar-refractivity contribution in [2.45, 2.75) is 18.3 Å². The van der Waals surface area contributed by atoms with E-state index in [9.17, 15) is 9.90 Å². The molecule has 0 atom stereocenters. The highest BCUT2D eigenvalue weighted by molar-refractivity contribution is 5.87. The Balaban J connectivity index is 2.16. The Labute approximate surface area is 97.9 Å². The molecule has 0 spiro atoms. The van der Waals surface area contributed by atoms with Crippen molar-refractivity contribution >= 4 is 5.97 Å². The molecule has 1 saturated carbocycles. The van der Waals surface area contributed by atoms with Crippen LogP contribution in [0.1, 0.15) is 18.4 Å². The Morgan fingerprint density at radius 3 is 2.76 bits per heavy atom. The number of rotatable bonds is 3. The van der Waals surface area contributed by atoms with E-state index in [0.717, 1.165) is 0 Å². The molecule has 0 amide bonds. The fourth-order valence-corrected chi connectivity index (χ4v) is 2.18. The number of fused-ring (bicyclic) bond motifs is 1. The molecule has 90 valence electrons. The van der Waals surface area contributed by atoms with Gasteiger partial charge < -0.3 is 19.3 Å². The van der Waals surface area contributed by atoms with E-state index in [1.54, 1.807) is 19.2 Å². The van der Waals surface area contributed by atoms with Gasteiger partial charge in [-0.05, 0) is 18.9 Å². The van der Waals surface area contributed by atoms with Gasteiger partial charge in [0.15, 0.2) is 11.5 Å². The standard InChI is InChI=1S/C12H12O5/c1-15-7-4-8(12(2-3-12)11(13)14)10-9(5-7)16-6-17-10/h4-5H,2-3,6H2,1H3,(H,13,14). The summed E-state index contributed by atoms with van der Waals surface area (Å²) in [5.41, 5.74) is -0.149. The van der Waals surface area contributed by atoms with Gasteiger partial charge in [-0.15, -0.1) is 0 Å². The van der Waals surface area contributed by atoms with Crippen LogP contribution in [0.2, 0.25) is 0 Å². The highest BCUT2D eigenvalue weighted by Gasteiger charge is 2.54. The molecule has 5 heteroatoms. The molecule has 1 fully saturated rings. The minimum Gasteiger partial charge on any atom is -0.497 e. The molecule has 0 bridgehead atoms. The van der Waals surface area contributed by atoms with Crippen LogP contribution in [-0.4, -0.2) is 25.0 Å². The Hall–Kier alpha value is -1.91. The summed E-state index contributed by atoms with van der Waals surface area (Å²) in [4.78, 5) is 11.3. The molecular weight excluding hydrogens is 224 g/mol. The fraction of sp³-hybridized carbons (Fsp3) is 0.417. The van der Waals surface area contributed by atoms with Gasteiger partial charge in [0.25, 0.3) is 0 Å². The molecule has 3 rings (SSSR count). The SMILES string of the molecule is COc1cc2c(c(C3(C(=O)O)CC3)c1)OCO2. The maximum Gasteiger partial charge on any atom is 0.314 e. The maximum absolute atomic E-state index is 11.3. The maximum atomic E-state index is 11.3. The smallest absolute Gasteiger partial charge is 0.314 e. The van der Waals surface area contributed by atoms with Crippen molar-refractivity contribution in [3.8, 4) is 17.2 Å². The number of benzene rings is 1. The fourth-order valence-electron chi connectivity index (χ4n) is 2.18. The summed E-state index contributed by atoms with van der Waals surface area (Å²) in [6.45, 7) is 0.130. The van der Waals surface area contributed by atoms with Crippen molar-refractivity contribution in [1.29, 1.82) is 0 Å². The summed E-state index contributed by atoms with van der Waals surface area (Å²) in [7, 11) is 1.54. The normalized spacial score (nSPS) is 18.9. The number of carbonyl (C=O) groups is 1. The molecular formula is C12H12O5. The molecule has 1 aromatic carbocycles. The van der Waals surface area contributed by atoms with Gasteiger partial charge >= 0.3 is 5.97 Å². The zero-order valence-corrected chi connectivity index (χ0v) is 9.36. The third-order valence-corrected chi connectivity index (χ3v) is 3.36. The molecule has 1 heterocycles. The molecule has 1 N–H and O–H groups in total. The third kappa shape index (κ3) is 1.35. The first-order chi connectivity index (χ1) is 8.17. The van der Waals surface area contributed by atoms with Gasteiger partial charge in [-0.25, -0.2) is 0 Å². The number of hydrogen-bond acceptors (Lipinski definition) is 4. The van der Waals surface area contributed by atoms with Gasteiger partial charge in [-0.3, -0.25) is 4.79 Å². The van der Waals surface area contributed by atoms with Gasteiger partial charge in [0.2, 0.25) is 6.79 Å². The largest absolute Gasteiger partial charge is 0.497 e. The quantitative estimate of drug-likeness (QED) is 0.862. The van der Waals surface area contributed by atoms with Gasteiger partial charge in [0, 0.05) is 11.6 Å². The average Bonchev–Trinajstić information content (AvgIpc) is 3.00. The second-order valence-electron chi connectivity index (χ2n) is 4.30. The van der Waals surface area contributed by atoms with E-state index in [1.165, 1.54) is 0 Å². The monoisotopic (exact) mass is 236 g/mol. The third-order valence-electron chi connectivity index (χ3n) is 3.36.